The molecule has 0 aliphatic carbocycles. The van der Waals surface area contributed by atoms with Crippen LogP contribution in [0, 0.1) is 5.21 Å². The van der Waals surface area contributed by atoms with Crippen LogP contribution in [-0.4, -0.2) is 9.78 Å². The second-order valence-corrected chi connectivity index (χ2v) is 4.09. The summed E-state index contributed by atoms with van der Waals surface area (Å²) in [5.41, 5.74) is 1.60. The second-order valence-electron chi connectivity index (χ2n) is 3.14. The molecule has 2 rings (SSSR count). The van der Waals surface area contributed by atoms with Gasteiger partial charge < -0.3 is 10.8 Å². The topological polar surface area (TPSA) is 65.3 Å². The third-order valence-corrected chi connectivity index (χ3v) is 2.90. The van der Waals surface area contributed by atoms with Gasteiger partial charge in [0.1, 0.15) is 0 Å². The molecule has 0 amide bonds. The molecule has 1 N–H and O–H groups in total. The predicted octanol–water partition coefficient (Wildman–Crippen LogP) is 1.86. The zero-order valence-corrected chi connectivity index (χ0v) is 9.50. The molecule has 1 heterocycles. The molecule has 0 radical (unpaired) electrons. The maximum Gasteiger partial charge on any atom is 0.445 e. The summed E-state index contributed by atoms with van der Waals surface area (Å²) in [6.45, 7) is 0. The van der Waals surface area contributed by atoms with Crippen LogP contribution in [0.3, 0.4) is 0 Å². The predicted molar refractivity (Wildman–Crippen MR) is 58.5 cm³/mol. The van der Waals surface area contributed by atoms with Gasteiger partial charge in [-0.25, -0.2) is 4.68 Å². The second kappa shape index (κ2) is 4.78. The van der Waals surface area contributed by atoms with Crippen LogP contribution in [-0.2, 0) is 6.18 Å². The monoisotopic (exact) mass is 275 g/mol. The van der Waals surface area contributed by atoms with E-state index >= 15 is 0 Å². The van der Waals surface area contributed by atoms with Crippen molar-refractivity contribution in [3.63, 3.8) is 0 Å². The number of rotatable bonds is 2. The zero-order chi connectivity index (χ0) is 13.2. The van der Waals surface area contributed by atoms with Gasteiger partial charge in [-0.05, 0) is 12.1 Å². The van der Waals surface area contributed by atoms with E-state index in [4.69, 9.17) is 0 Å². The van der Waals surface area contributed by atoms with E-state index < -0.39 is 11.2 Å². The summed E-state index contributed by atoms with van der Waals surface area (Å²) in [6.07, 6.45) is -4.57. The lowest BCUT2D eigenvalue weighted by Crippen LogP contribution is -2.17. The number of halogens is 3. The van der Waals surface area contributed by atoms with E-state index in [1.165, 1.54) is 5.59 Å². The van der Waals surface area contributed by atoms with Crippen LogP contribution in [0.5, 0.6) is 0 Å². The van der Waals surface area contributed by atoms with Crippen LogP contribution in [0.1, 0.15) is 5.01 Å². The van der Waals surface area contributed by atoms with Gasteiger partial charge in [0.25, 0.3) is 0 Å². The van der Waals surface area contributed by atoms with Crippen molar-refractivity contribution in [1.29, 1.82) is 0 Å². The molecule has 0 aliphatic rings. The van der Waals surface area contributed by atoms with Gasteiger partial charge in [-0.1, -0.05) is 29.5 Å². The average Bonchev–Trinajstić information content (AvgIpc) is 2.75. The van der Waals surface area contributed by atoms with E-state index in [1.54, 1.807) is 30.3 Å². The van der Waals surface area contributed by atoms with Crippen molar-refractivity contribution < 1.29 is 13.2 Å². The van der Waals surface area contributed by atoms with Gasteiger partial charge in [0.2, 0.25) is 9.81 Å². The largest absolute Gasteiger partial charge is 0.744 e. The van der Waals surface area contributed by atoms with Crippen LogP contribution < -0.4 is 10.4 Å². The quantitative estimate of drug-likeness (QED) is 0.851. The summed E-state index contributed by atoms with van der Waals surface area (Å²) in [7, 11) is 0. The lowest BCUT2D eigenvalue weighted by molar-refractivity contribution is -0.138. The van der Waals surface area contributed by atoms with E-state index in [9.17, 15) is 18.4 Å². The average molecular weight is 275 g/mol. The highest BCUT2D eigenvalue weighted by atomic mass is 32.1. The van der Waals surface area contributed by atoms with E-state index in [2.05, 4.69) is 10.2 Å². The van der Waals surface area contributed by atoms with Crippen LogP contribution >= 0.6 is 11.3 Å². The number of nitrogens with one attached hydrogen (secondary N) is 1. The Morgan fingerprint density at radius 3 is 2.50 bits per heavy atom. The number of nitrogens with zero attached hydrogens (tertiary/aromatic N) is 3. The molecule has 1 aromatic heterocycles. The Labute approximate surface area is 103 Å². The maximum atomic E-state index is 12.5. The summed E-state index contributed by atoms with van der Waals surface area (Å²) in [4.78, 5) is -0.177. The van der Waals surface area contributed by atoms with Crippen LogP contribution in [0.4, 0.5) is 13.2 Å². The zero-order valence-electron chi connectivity index (χ0n) is 8.68. The van der Waals surface area contributed by atoms with Gasteiger partial charge in [0.15, 0.2) is 0 Å². The Morgan fingerprint density at radius 2 is 1.94 bits per heavy atom. The first kappa shape index (κ1) is 12.6. The van der Waals surface area contributed by atoms with Crippen molar-refractivity contribution in [2.75, 3.05) is 0 Å². The number of hydrogen-bond acceptors (Lipinski definition) is 5. The fourth-order valence-electron chi connectivity index (χ4n) is 1.24. The van der Waals surface area contributed by atoms with Crippen LogP contribution in [0.2, 0.25) is 0 Å². The molecule has 0 saturated carbocycles. The number of aromatic nitrogens is 2. The smallest absolute Gasteiger partial charge is 0.445 e. The third-order valence-electron chi connectivity index (χ3n) is 1.94. The minimum absolute atomic E-state index is 0.177. The summed E-state index contributed by atoms with van der Waals surface area (Å²) in [5, 5.41) is 15.8. The summed E-state index contributed by atoms with van der Waals surface area (Å²) in [5.74, 6) is 0. The fourth-order valence-corrected chi connectivity index (χ4v) is 1.97. The SMILES string of the molecule is [O-]N/N=c1/sc(C(F)(F)F)nn1-c1ccccc1. The Morgan fingerprint density at radius 1 is 1.28 bits per heavy atom. The lowest BCUT2D eigenvalue weighted by Gasteiger charge is -2.02. The van der Waals surface area contributed by atoms with E-state index in [0.29, 0.717) is 5.69 Å². The maximum absolute atomic E-state index is 12.5. The van der Waals surface area contributed by atoms with E-state index in [1.807, 2.05) is 0 Å². The van der Waals surface area contributed by atoms with Crippen molar-refractivity contribution in [1.82, 2.24) is 15.4 Å². The molecular weight excluding hydrogens is 269 g/mol. The van der Waals surface area contributed by atoms with Crippen molar-refractivity contribution in [3.8, 4) is 5.69 Å². The summed E-state index contributed by atoms with van der Waals surface area (Å²) >= 11 is 0.284. The molecule has 0 saturated heterocycles. The molecule has 2 aromatic rings. The minimum atomic E-state index is -4.57. The lowest BCUT2D eigenvalue weighted by atomic mass is 10.3. The first-order valence-corrected chi connectivity index (χ1v) is 5.47. The first-order valence-electron chi connectivity index (χ1n) is 4.66. The van der Waals surface area contributed by atoms with Gasteiger partial charge in [-0.15, -0.1) is 5.10 Å². The summed E-state index contributed by atoms with van der Waals surface area (Å²) in [6, 6.07) is 8.11. The van der Waals surface area contributed by atoms with Crippen LogP contribution in [0.15, 0.2) is 35.4 Å². The Kier molecular flexibility index (Phi) is 3.34. The Balaban J connectivity index is 2.60. The van der Waals surface area contributed by atoms with E-state index in [-0.39, 0.29) is 16.1 Å². The normalized spacial score (nSPS) is 12.8. The van der Waals surface area contributed by atoms with Gasteiger partial charge in [0, 0.05) is 0 Å². The molecule has 0 atom stereocenters. The Bertz CT molecular complexity index is 590. The molecule has 5 nitrogen and oxygen atoms in total. The molecule has 0 bridgehead atoms. The van der Waals surface area contributed by atoms with Gasteiger partial charge >= 0.3 is 6.18 Å². The fraction of sp³-hybridized carbons (Fsp3) is 0.111. The van der Waals surface area contributed by atoms with Crippen molar-refractivity contribution in [3.05, 3.63) is 45.3 Å². The number of alkyl halides is 3. The standard InChI is InChI=1S/C9H6F3N4OS/c10-9(11,12)7-14-16(8(18-7)13-15-17)6-4-2-1-3-5-6/h1-5,15H/q-1/b13-8+. The molecular formula is C9H6F3N4OS-. The molecule has 1 aromatic carbocycles. The first-order chi connectivity index (χ1) is 8.52. The highest BCUT2D eigenvalue weighted by Gasteiger charge is 2.35. The minimum Gasteiger partial charge on any atom is -0.744 e. The van der Waals surface area contributed by atoms with Gasteiger partial charge in [-0.3, -0.25) is 0 Å². The van der Waals surface area contributed by atoms with E-state index in [0.717, 1.165) is 4.68 Å². The van der Waals surface area contributed by atoms with Gasteiger partial charge in [0.05, 0.1) is 5.69 Å². The molecule has 96 valence electrons. The molecule has 18 heavy (non-hydrogen) atoms. The Hall–Kier alpha value is -1.87. The number of para-hydroxylation sites is 1. The van der Waals surface area contributed by atoms with Crippen molar-refractivity contribution >= 4 is 11.3 Å². The molecule has 0 fully saturated rings. The number of benzene rings is 1. The third kappa shape index (κ3) is 2.51. The van der Waals surface area contributed by atoms with Crippen molar-refractivity contribution in [2.24, 2.45) is 5.10 Å². The summed E-state index contributed by atoms with van der Waals surface area (Å²) < 4.78 is 38.6. The van der Waals surface area contributed by atoms with Crippen LogP contribution in [0.25, 0.3) is 5.69 Å². The highest BCUT2D eigenvalue weighted by Crippen LogP contribution is 2.29. The highest BCUT2D eigenvalue weighted by molar-refractivity contribution is 7.08. The molecule has 9 heteroatoms. The molecule has 0 spiro atoms. The number of hydrogen-bond donors (Lipinski definition) is 1. The molecule has 0 aliphatic heterocycles. The van der Waals surface area contributed by atoms with Gasteiger partial charge in [-0.2, -0.15) is 18.3 Å². The van der Waals surface area contributed by atoms with Crippen molar-refractivity contribution in [2.45, 2.75) is 6.18 Å². The molecule has 0 unspecified atom stereocenters.